The summed E-state index contributed by atoms with van der Waals surface area (Å²) in [4.78, 5) is 0.492. The van der Waals surface area contributed by atoms with Gasteiger partial charge in [-0.1, -0.05) is 65.2 Å². The molecule has 1 aliphatic rings. The van der Waals surface area contributed by atoms with Gasteiger partial charge in [0.15, 0.2) is 11.5 Å². The van der Waals surface area contributed by atoms with Gasteiger partial charge < -0.3 is 14.0 Å². The number of quaternary nitrogens is 1. The number of unbranched alkanes of at least 4 members (excludes halogenated alkanes) is 1. The van der Waals surface area contributed by atoms with Gasteiger partial charge in [0.25, 0.3) is 0 Å². The van der Waals surface area contributed by atoms with E-state index in [2.05, 4.69) is 45.9 Å². The Morgan fingerprint density at radius 2 is 1.55 bits per heavy atom. The Balaban J connectivity index is 1.35. The van der Waals surface area contributed by atoms with Crippen LogP contribution < -0.4 is 9.47 Å². The van der Waals surface area contributed by atoms with Crippen LogP contribution >= 0.6 is 22.4 Å². The first-order chi connectivity index (χ1) is 21.1. The van der Waals surface area contributed by atoms with Crippen LogP contribution in [0.2, 0.25) is 5.02 Å². The first-order valence-corrected chi connectivity index (χ1v) is 17.5. The molecule has 4 aromatic rings. The van der Waals surface area contributed by atoms with Crippen molar-refractivity contribution in [3.63, 3.8) is 0 Å². The van der Waals surface area contributed by atoms with Gasteiger partial charge in [0.1, 0.15) is 19.8 Å². The van der Waals surface area contributed by atoms with Crippen molar-refractivity contribution >= 4 is 33.1 Å². The van der Waals surface area contributed by atoms with Gasteiger partial charge in [0.05, 0.1) is 24.5 Å². The lowest BCUT2D eigenvalue weighted by Crippen LogP contribution is -2.47. The van der Waals surface area contributed by atoms with Crippen LogP contribution in [0.15, 0.2) is 77.7 Å². The van der Waals surface area contributed by atoms with Crippen molar-refractivity contribution in [1.29, 1.82) is 0 Å². The molecule has 5 rings (SSSR count). The maximum atomic E-state index is 11.8. The maximum Gasteiger partial charge on any atom is 0.161 e. The molecule has 8 heteroatoms. The fourth-order valence-corrected chi connectivity index (χ4v) is 8.14. The highest BCUT2D eigenvalue weighted by Crippen LogP contribution is 2.53. The monoisotopic (exact) mass is 637 g/mol. The van der Waals surface area contributed by atoms with E-state index in [1.54, 1.807) is 6.07 Å². The van der Waals surface area contributed by atoms with E-state index in [-0.39, 0.29) is 0 Å². The number of fused-ring (bicyclic) bond motifs is 2. The highest BCUT2D eigenvalue weighted by Gasteiger charge is 2.28. The summed E-state index contributed by atoms with van der Waals surface area (Å²) in [6.45, 7) is 15.0. The SMILES string of the molecule is CC[N+](CC)(CCCCN(Cc1ccc2c(c1)OCCO2)S(O)(O)c1ccc2c(Cl)cccc2c1)Cc1cc(C)cc(C)c1. The predicted octanol–water partition coefficient (Wildman–Crippen LogP) is 9.24. The van der Waals surface area contributed by atoms with Crippen LogP contribution in [0.25, 0.3) is 10.8 Å². The number of rotatable bonds is 13. The molecular weight excluding hydrogens is 592 g/mol. The van der Waals surface area contributed by atoms with Crippen molar-refractivity contribution in [2.24, 2.45) is 0 Å². The average molecular weight is 638 g/mol. The highest BCUT2D eigenvalue weighted by molar-refractivity contribution is 8.22. The van der Waals surface area contributed by atoms with E-state index >= 15 is 0 Å². The molecule has 0 aromatic heterocycles. The number of ether oxygens (including phenoxy) is 2. The molecular formula is C36H46ClN2O4S+. The van der Waals surface area contributed by atoms with Gasteiger partial charge in [0, 0.05) is 29.1 Å². The number of benzene rings is 4. The molecule has 236 valence electrons. The summed E-state index contributed by atoms with van der Waals surface area (Å²) in [5.74, 6) is 1.42. The molecule has 0 atom stereocenters. The van der Waals surface area contributed by atoms with E-state index in [9.17, 15) is 9.11 Å². The third-order valence-corrected chi connectivity index (χ3v) is 11.1. The second-order valence-corrected chi connectivity index (χ2v) is 14.5. The minimum absolute atomic E-state index is 0.372. The first kappa shape index (κ1) is 32.6. The minimum Gasteiger partial charge on any atom is -0.486 e. The van der Waals surface area contributed by atoms with Crippen molar-refractivity contribution in [2.75, 3.05) is 39.4 Å². The van der Waals surface area contributed by atoms with Gasteiger partial charge >= 0.3 is 0 Å². The average Bonchev–Trinajstić information content (AvgIpc) is 3.01. The standard InChI is InChI=1S/C36H45ClN2O4S/c1-5-39(6-2,26-30-21-27(3)20-28(4)22-30)17-8-7-16-38(25-29-12-15-35-36(23-29)43-19-18-42-35)44(40,41)32-13-14-33-31(24-32)10-9-11-34(33)37/h9-15,20-24H,5-8,16-19,25-26H2,1-4H3,(H-,40,41)/p+1. The van der Waals surface area contributed by atoms with Crippen molar-refractivity contribution in [3.05, 3.63) is 100 Å². The molecule has 0 amide bonds. The van der Waals surface area contributed by atoms with Gasteiger partial charge in [-0.05, 0) is 81.8 Å². The Bertz CT molecular complexity index is 1570. The van der Waals surface area contributed by atoms with E-state index < -0.39 is 10.8 Å². The van der Waals surface area contributed by atoms with Crippen molar-refractivity contribution in [3.8, 4) is 11.5 Å². The van der Waals surface area contributed by atoms with Crippen molar-refractivity contribution in [1.82, 2.24) is 4.31 Å². The Hall–Kier alpha value is -2.78. The molecule has 0 unspecified atom stereocenters. The van der Waals surface area contributed by atoms with Gasteiger partial charge in [0.2, 0.25) is 0 Å². The summed E-state index contributed by atoms with van der Waals surface area (Å²) in [6.07, 6.45) is 1.82. The normalized spacial score (nSPS) is 13.9. The van der Waals surface area contributed by atoms with E-state index in [0.717, 1.165) is 65.6 Å². The van der Waals surface area contributed by atoms with Crippen LogP contribution in [-0.4, -0.2) is 57.3 Å². The molecule has 0 spiro atoms. The zero-order valence-electron chi connectivity index (χ0n) is 26.4. The largest absolute Gasteiger partial charge is 0.486 e. The number of nitrogens with zero attached hydrogens (tertiary/aromatic N) is 2. The first-order valence-electron chi connectivity index (χ1n) is 15.6. The molecule has 0 saturated carbocycles. The van der Waals surface area contributed by atoms with E-state index in [1.165, 1.54) is 16.7 Å². The highest BCUT2D eigenvalue weighted by atomic mass is 35.5. The number of hydrogen-bond acceptors (Lipinski definition) is 5. The zero-order valence-corrected chi connectivity index (χ0v) is 28.0. The van der Waals surface area contributed by atoms with E-state index in [4.69, 9.17) is 21.1 Å². The smallest absolute Gasteiger partial charge is 0.161 e. The molecule has 0 bridgehead atoms. The topological polar surface area (TPSA) is 62.2 Å². The summed E-state index contributed by atoms with van der Waals surface area (Å²) >= 11 is 6.41. The molecule has 44 heavy (non-hydrogen) atoms. The van der Waals surface area contributed by atoms with Gasteiger partial charge in [-0.3, -0.25) is 9.11 Å². The molecule has 4 aromatic carbocycles. The van der Waals surface area contributed by atoms with Crippen LogP contribution in [-0.2, 0) is 13.1 Å². The number of halogens is 1. The fraction of sp³-hybridized carbons (Fsp3) is 0.389. The molecule has 0 radical (unpaired) electrons. The van der Waals surface area contributed by atoms with E-state index in [0.29, 0.717) is 42.0 Å². The van der Waals surface area contributed by atoms with Gasteiger partial charge in [-0.25, -0.2) is 0 Å². The minimum atomic E-state index is -3.30. The Morgan fingerprint density at radius 1 is 0.818 bits per heavy atom. The Labute approximate surface area is 269 Å². The van der Waals surface area contributed by atoms with Gasteiger partial charge in [-0.15, -0.1) is 10.8 Å². The Morgan fingerprint density at radius 3 is 2.27 bits per heavy atom. The quantitative estimate of drug-likeness (QED) is 0.113. The van der Waals surface area contributed by atoms with Crippen molar-refractivity contribution in [2.45, 2.75) is 58.5 Å². The van der Waals surface area contributed by atoms with Crippen LogP contribution in [0, 0.1) is 13.8 Å². The summed E-state index contributed by atoms with van der Waals surface area (Å²) in [6, 6.07) is 23.9. The van der Waals surface area contributed by atoms with Crippen molar-refractivity contribution < 1.29 is 23.1 Å². The fourth-order valence-electron chi connectivity index (χ4n) is 6.35. The van der Waals surface area contributed by atoms with Gasteiger partial charge in [-0.2, -0.15) is 4.31 Å². The lowest BCUT2D eigenvalue weighted by Gasteiger charge is -2.43. The summed E-state index contributed by atoms with van der Waals surface area (Å²) in [7, 11) is -3.30. The molecule has 2 N–H and O–H groups in total. The second-order valence-electron chi connectivity index (χ2n) is 12.0. The van der Waals surface area contributed by atoms with E-state index in [1.807, 2.05) is 52.8 Å². The van der Waals surface area contributed by atoms with Crippen LogP contribution in [0.4, 0.5) is 0 Å². The lowest BCUT2D eigenvalue weighted by molar-refractivity contribution is -0.938. The number of hydrogen-bond donors (Lipinski definition) is 2. The van der Waals surface area contributed by atoms with Crippen LogP contribution in [0.1, 0.15) is 48.9 Å². The third kappa shape index (κ3) is 7.53. The van der Waals surface area contributed by atoms with Crippen LogP contribution in [0.5, 0.6) is 11.5 Å². The molecule has 0 saturated heterocycles. The molecule has 1 heterocycles. The molecule has 0 fully saturated rings. The zero-order chi connectivity index (χ0) is 31.3. The molecule has 6 nitrogen and oxygen atoms in total. The third-order valence-electron chi connectivity index (χ3n) is 8.87. The molecule has 0 aliphatic carbocycles. The summed E-state index contributed by atoms with van der Waals surface area (Å²) < 4.78 is 38.1. The summed E-state index contributed by atoms with van der Waals surface area (Å²) in [5.41, 5.74) is 4.94. The summed E-state index contributed by atoms with van der Waals surface area (Å²) in [5, 5.41) is 2.42. The predicted molar refractivity (Wildman–Crippen MR) is 183 cm³/mol. The lowest BCUT2D eigenvalue weighted by atomic mass is 10.1. The second kappa shape index (κ2) is 14.1. The Kier molecular flexibility index (Phi) is 10.5. The maximum absolute atomic E-state index is 11.8. The number of aryl methyl sites for hydroxylation is 2. The van der Waals surface area contributed by atoms with Crippen LogP contribution in [0.3, 0.4) is 0 Å². The molecule has 1 aliphatic heterocycles.